The van der Waals surface area contributed by atoms with E-state index in [1.807, 2.05) is 25.1 Å². The largest absolute Gasteiger partial charge is 0.436 e. The van der Waals surface area contributed by atoms with Crippen molar-refractivity contribution in [1.29, 1.82) is 0 Å². The van der Waals surface area contributed by atoms with Crippen LogP contribution in [0.15, 0.2) is 40.8 Å². The van der Waals surface area contributed by atoms with Crippen molar-refractivity contribution < 1.29 is 4.42 Å². The fourth-order valence-electron chi connectivity index (χ4n) is 2.91. The van der Waals surface area contributed by atoms with Crippen LogP contribution in [0.3, 0.4) is 0 Å². The summed E-state index contributed by atoms with van der Waals surface area (Å²) in [7, 11) is 0. The zero-order valence-corrected chi connectivity index (χ0v) is 13.6. The molecule has 0 saturated carbocycles. The third-order valence-electron chi connectivity index (χ3n) is 4.02. The second-order valence-electron chi connectivity index (χ2n) is 6.42. The zero-order valence-electron chi connectivity index (χ0n) is 13.6. The number of rotatable bonds is 3. The van der Waals surface area contributed by atoms with Crippen molar-refractivity contribution in [2.75, 3.05) is 17.0 Å². The molecule has 3 aromatic rings. The van der Waals surface area contributed by atoms with Gasteiger partial charge in [0, 0.05) is 12.1 Å². The van der Waals surface area contributed by atoms with Gasteiger partial charge in [-0.3, -0.25) is 5.01 Å². The molecule has 5 nitrogen and oxygen atoms in total. The first-order valence-corrected chi connectivity index (χ1v) is 7.91. The SMILES string of the molecule is Cc1cccc2nc(-c3ccc4c(c3)NNN4CC(C)C)oc12. The molecule has 1 aromatic heterocycles. The van der Waals surface area contributed by atoms with Crippen LogP contribution < -0.4 is 16.0 Å². The van der Waals surface area contributed by atoms with Crippen molar-refractivity contribution in [1.82, 2.24) is 10.5 Å². The molecule has 118 valence electrons. The predicted octanol–water partition coefficient (Wildman–Crippen LogP) is 4.11. The van der Waals surface area contributed by atoms with Crippen molar-refractivity contribution in [2.24, 2.45) is 5.92 Å². The topological polar surface area (TPSA) is 53.3 Å². The number of oxazole rings is 1. The van der Waals surface area contributed by atoms with E-state index in [2.05, 4.69) is 53.0 Å². The maximum absolute atomic E-state index is 5.96. The average molecular weight is 308 g/mol. The van der Waals surface area contributed by atoms with Gasteiger partial charge < -0.3 is 9.84 Å². The van der Waals surface area contributed by atoms with E-state index in [9.17, 15) is 0 Å². The minimum atomic E-state index is 0.579. The Hall–Kier alpha value is -2.53. The van der Waals surface area contributed by atoms with Crippen LogP contribution in [0.4, 0.5) is 11.4 Å². The van der Waals surface area contributed by atoms with E-state index in [0.717, 1.165) is 40.1 Å². The molecule has 0 radical (unpaired) electrons. The first-order chi connectivity index (χ1) is 11.1. The Bertz CT molecular complexity index is 869. The van der Waals surface area contributed by atoms with Crippen molar-refractivity contribution in [3.8, 4) is 11.5 Å². The predicted molar refractivity (Wildman–Crippen MR) is 93.1 cm³/mol. The number of nitrogens with zero attached hydrogens (tertiary/aromatic N) is 2. The van der Waals surface area contributed by atoms with Crippen LogP contribution in [-0.4, -0.2) is 11.5 Å². The Morgan fingerprint density at radius 3 is 2.87 bits per heavy atom. The highest BCUT2D eigenvalue weighted by atomic mass is 16.3. The highest BCUT2D eigenvalue weighted by Gasteiger charge is 2.20. The average Bonchev–Trinajstić information content (AvgIpc) is 3.12. The monoisotopic (exact) mass is 308 g/mol. The van der Waals surface area contributed by atoms with Crippen LogP contribution in [0, 0.1) is 12.8 Å². The summed E-state index contributed by atoms with van der Waals surface area (Å²) in [6.45, 7) is 7.39. The number of anilines is 2. The molecular weight excluding hydrogens is 288 g/mol. The molecule has 1 aliphatic heterocycles. The molecule has 0 atom stereocenters. The highest BCUT2D eigenvalue weighted by Crippen LogP contribution is 2.34. The van der Waals surface area contributed by atoms with Gasteiger partial charge in [0.2, 0.25) is 5.89 Å². The van der Waals surface area contributed by atoms with Crippen LogP contribution in [0.2, 0.25) is 0 Å². The minimum absolute atomic E-state index is 0.579. The van der Waals surface area contributed by atoms with Crippen molar-refractivity contribution in [3.63, 3.8) is 0 Å². The number of hydrogen-bond donors (Lipinski definition) is 2. The minimum Gasteiger partial charge on any atom is -0.436 e. The van der Waals surface area contributed by atoms with E-state index in [1.54, 1.807) is 0 Å². The van der Waals surface area contributed by atoms with Crippen molar-refractivity contribution in [2.45, 2.75) is 20.8 Å². The molecule has 2 aromatic carbocycles. The van der Waals surface area contributed by atoms with Gasteiger partial charge in [-0.2, -0.15) is 0 Å². The lowest BCUT2D eigenvalue weighted by molar-refractivity contribution is 0.584. The zero-order chi connectivity index (χ0) is 16.0. The molecule has 4 rings (SSSR count). The number of aryl methyl sites for hydroxylation is 1. The first kappa shape index (κ1) is 14.1. The lowest BCUT2D eigenvalue weighted by Gasteiger charge is -2.19. The van der Waals surface area contributed by atoms with E-state index < -0.39 is 0 Å². The van der Waals surface area contributed by atoms with Gasteiger partial charge in [-0.15, -0.1) is 5.53 Å². The molecule has 0 saturated heterocycles. The number of benzene rings is 2. The maximum atomic E-state index is 5.96. The Morgan fingerprint density at radius 1 is 1.22 bits per heavy atom. The molecular formula is C18H20N4O. The van der Waals surface area contributed by atoms with Gasteiger partial charge in [-0.05, 0) is 42.7 Å². The maximum Gasteiger partial charge on any atom is 0.227 e. The van der Waals surface area contributed by atoms with Gasteiger partial charge >= 0.3 is 0 Å². The molecule has 1 aliphatic rings. The smallest absolute Gasteiger partial charge is 0.227 e. The normalized spacial score (nSPS) is 13.7. The summed E-state index contributed by atoms with van der Waals surface area (Å²) in [5.74, 6) is 1.23. The lowest BCUT2D eigenvalue weighted by atomic mass is 10.1. The molecule has 0 fully saturated rings. The van der Waals surface area contributed by atoms with Crippen molar-refractivity contribution in [3.05, 3.63) is 42.0 Å². The summed E-state index contributed by atoms with van der Waals surface area (Å²) >= 11 is 0. The Kier molecular flexibility index (Phi) is 3.23. The van der Waals surface area contributed by atoms with E-state index in [-0.39, 0.29) is 0 Å². The Balaban J connectivity index is 1.71. The molecule has 0 amide bonds. The third-order valence-corrected chi connectivity index (χ3v) is 4.02. The molecule has 0 spiro atoms. The van der Waals surface area contributed by atoms with Gasteiger partial charge in [-0.1, -0.05) is 26.0 Å². The second kappa shape index (κ2) is 5.28. The number of para-hydroxylation sites is 1. The summed E-state index contributed by atoms with van der Waals surface area (Å²) in [5, 5.41) is 2.12. The molecule has 2 heterocycles. The molecule has 5 heteroatoms. The quantitative estimate of drug-likeness (QED) is 0.762. The fourth-order valence-corrected chi connectivity index (χ4v) is 2.91. The number of fused-ring (bicyclic) bond motifs is 2. The number of hydrazine groups is 2. The molecule has 0 bridgehead atoms. The molecule has 0 unspecified atom stereocenters. The Labute approximate surface area is 135 Å². The van der Waals surface area contributed by atoms with Crippen LogP contribution >= 0.6 is 0 Å². The molecule has 23 heavy (non-hydrogen) atoms. The van der Waals surface area contributed by atoms with E-state index in [4.69, 9.17) is 4.42 Å². The number of aromatic nitrogens is 1. The second-order valence-corrected chi connectivity index (χ2v) is 6.42. The highest BCUT2D eigenvalue weighted by molar-refractivity contribution is 5.82. The van der Waals surface area contributed by atoms with Crippen molar-refractivity contribution >= 4 is 22.5 Å². The molecule has 2 N–H and O–H groups in total. The van der Waals surface area contributed by atoms with Crippen LogP contribution in [-0.2, 0) is 0 Å². The van der Waals surface area contributed by atoms with Gasteiger partial charge in [0.1, 0.15) is 5.52 Å². The summed E-state index contributed by atoms with van der Waals surface area (Å²) in [6, 6.07) is 12.2. The van der Waals surface area contributed by atoms with Crippen LogP contribution in [0.25, 0.3) is 22.6 Å². The van der Waals surface area contributed by atoms with Crippen LogP contribution in [0.1, 0.15) is 19.4 Å². The van der Waals surface area contributed by atoms with Gasteiger partial charge in [0.05, 0.1) is 11.4 Å². The van der Waals surface area contributed by atoms with E-state index in [1.165, 1.54) is 0 Å². The number of nitrogens with one attached hydrogen (secondary N) is 2. The van der Waals surface area contributed by atoms with Gasteiger partial charge in [-0.25, -0.2) is 4.98 Å². The summed E-state index contributed by atoms with van der Waals surface area (Å²) in [5.41, 5.74) is 12.4. The van der Waals surface area contributed by atoms with Gasteiger partial charge in [0.25, 0.3) is 0 Å². The summed E-state index contributed by atoms with van der Waals surface area (Å²) in [4.78, 5) is 4.61. The molecule has 0 aliphatic carbocycles. The fraction of sp³-hybridized carbons (Fsp3) is 0.278. The third kappa shape index (κ3) is 2.43. The number of hydrogen-bond acceptors (Lipinski definition) is 5. The summed E-state index contributed by atoms with van der Waals surface area (Å²) < 4.78 is 5.96. The van der Waals surface area contributed by atoms with E-state index >= 15 is 0 Å². The summed E-state index contributed by atoms with van der Waals surface area (Å²) in [6.07, 6.45) is 0. The van der Waals surface area contributed by atoms with Crippen LogP contribution in [0.5, 0.6) is 0 Å². The standard InChI is InChI=1S/C18H20N4O/c1-11(2)10-22-16-8-7-13(9-15(16)20-21-22)18-19-14-6-4-5-12(3)17(14)23-18/h4-9,11,20-21H,10H2,1-3H3. The van der Waals surface area contributed by atoms with Gasteiger partial charge in [0.15, 0.2) is 5.58 Å². The van der Waals surface area contributed by atoms with E-state index in [0.29, 0.717) is 11.8 Å². The lowest BCUT2D eigenvalue weighted by Crippen LogP contribution is -2.38. The Morgan fingerprint density at radius 2 is 2.09 bits per heavy atom. The first-order valence-electron chi connectivity index (χ1n) is 7.91.